The van der Waals surface area contributed by atoms with E-state index in [0.29, 0.717) is 22.6 Å². The molecule has 36 heavy (non-hydrogen) atoms. The molecule has 0 bridgehead atoms. The van der Waals surface area contributed by atoms with Crippen LogP contribution in [0.1, 0.15) is 17.2 Å². The molecule has 8 heteroatoms. The number of esters is 2. The molecule has 3 aromatic rings. The summed E-state index contributed by atoms with van der Waals surface area (Å²) in [5.41, 5.74) is 0.641. The lowest BCUT2D eigenvalue weighted by atomic mass is 9.69. The first kappa shape index (κ1) is 25.5. The average Bonchev–Trinajstić information content (AvgIpc) is 2.93. The highest BCUT2D eigenvalue weighted by Gasteiger charge is 2.62. The van der Waals surface area contributed by atoms with E-state index in [0.717, 1.165) is 10.0 Å². The van der Waals surface area contributed by atoms with Crippen LogP contribution < -0.4 is 9.80 Å². The number of hydrogen-bond acceptors (Lipinski definition) is 7. The van der Waals surface area contributed by atoms with E-state index in [1.54, 1.807) is 42.5 Å². The maximum absolute atomic E-state index is 13.7. The van der Waals surface area contributed by atoms with Crippen LogP contribution >= 0.6 is 15.9 Å². The Morgan fingerprint density at radius 1 is 0.917 bits per heavy atom. The number of hydrogen-bond donors (Lipinski definition) is 0. The van der Waals surface area contributed by atoms with Crippen molar-refractivity contribution in [3.63, 3.8) is 0 Å². The molecule has 0 N–H and O–H groups in total. The molecule has 1 unspecified atom stereocenters. The summed E-state index contributed by atoms with van der Waals surface area (Å²) < 4.78 is 16.8. The summed E-state index contributed by atoms with van der Waals surface area (Å²) in [5, 5.41) is 1.57. The Bertz CT molecular complexity index is 1230. The number of ether oxygens (including phenoxy) is 3. The summed E-state index contributed by atoms with van der Waals surface area (Å²) in [6.07, 6.45) is 1.78. The van der Waals surface area contributed by atoms with E-state index < -0.39 is 23.4 Å². The molecule has 0 aliphatic carbocycles. The zero-order valence-electron chi connectivity index (χ0n) is 20.1. The van der Waals surface area contributed by atoms with Gasteiger partial charge < -0.3 is 14.2 Å². The maximum atomic E-state index is 13.7. The summed E-state index contributed by atoms with van der Waals surface area (Å²) in [5.74, 6) is -0.863. The molecular weight excluding hydrogens is 526 g/mol. The summed E-state index contributed by atoms with van der Waals surface area (Å²) in [6.45, 7) is -0.0399. The van der Waals surface area contributed by atoms with Crippen LogP contribution in [0.2, 0.25) is 0 Å². The van der Waals surface area contributed by atoms with E-state index in [1.807, 2.05) is 54.6 Å². The third-order valence-corrected chi connectivity index (χ3v) is 6.71. The molecule has 3 aromatic carbocycles. The second-order valence-electron chi connectivity index (χ2n) is 8.12. The van der Waals surface area contributed by atoms with Gasteiger partial charge in [-0.15, -0.1) is 0 Å². The molecule has 1 fully saturated rings. The van der Waals surface area contributed by atoms with Gasteiger partial charge in [0.25, 0.3) is 0 Å². The lowest BCUT2D eigenvalue weighted by Crippen LogP contribution is -2.57. The van der Waals surface area contributed by atoms with Crippen molar-refractivity contribution in [2.45, 2.75) is 6.04 Å². The second-order valence-corrected chi connectivity index (χ2v) is 9.04. The standard InChI is InChI=1S/C28H26BrNO6/c1-33-24-15-9-20(10-16-24)25-28(26(31)34-2,27(32)35-3)21(17-19-7-5-4-6-8-19)18-36-30(25)23-13-11-22(29)12-14-23/h4-17,25H,18H2,1-3H3/b21-17+. The number of anilines is 1. The summed E-state index contributed by atoms with van der Waals surface area (Å²) in [7, 11) is 4.09. The number of benzene rings is 3. The SMILES string of the molecule is COC(=O)C1(C(=O)OC)/C(=C/c2ccccc2)CON(c2ccc(Br)cc2)C1c1ccc(OC)cc1. The lowest BCUT2D eigenvalue weighted by molar-refractivity contribution is -0.173. The smallest absolute Gasteiger partial charge is 0.330 e. The summed E-state index contributed by atoms with van der Waals surface area (Å²) >= 11 is 3.45. The van der Waals surface area contributed by atoms with Crippen molar-refractivity contribution >= 4 is 39.6 Å². The van der Waals surface area contributed by atoms with E-state index in [4.69, 9.17) is 19.0 Å². The Kier molecular flexibility index (Phi) is 7.76. The first-order valence-electron chi connectivity index (χ1n) is 11.2. The fraction of sp³-hybridized carbons (Fsp3) is 0.214. The molecule has 0 aromatic heterocycles. The van der Waals surface area contributed by atoms with Crippen molar-refractivity contribution in [2.24, 2.45) is 5.41 Å². The van der Waals surface area contributed by atoms with Crippen LogP contribution in [-0.2, 0) is 23.9 Å². The molecule has 0 saturated carbocycles. The Hall–Kier alpha value is -3.62. The molecule has 7 nitrogen and oxygen atoms in total. The maximum Gasteiger partial charge on any atom is 0.330 e. The average molecular weight is 552 g/mol. The van der Waals surface area contributed by atoms with Gasteiger partial charge in [0.15, 0.2) is 0 Å². The molecule has 0 radical (unpaired) electrons. The Labute approximate surface area is 218 Å². The molecule has 1 heterocycles. The van der Waals surface area contributed by atoms with Crippen LogP contribution in [-0.4, -0.2) is 39.9 Å². The van der Waals surface area contributed by atoms with Gasteiger partial charge in [-0.05, 0) is 53.1 Å². The van der Waals surface area contributed by atoms with E-state index >= 15 is 0 Å². The zero-order chi connectivity index (χ0) is 25.7. The molecule has 1 aliphatic rings. The van der Waals surface area contributed by atoms with Crippen LogP contribution in [0.15, 0.2) is 88.9 Å². The van der Waals surface area contributed by atoms with Crippen molar-refractivity contribution < 1.29 is 28.6 Å². The van der Waals surface area contributed by atoms with E-state index in [-0.39, 0.29) is 6.61 Å². The molecule has 186 valence electrons. The van der Waals surface area contributed by atoms with Crippen LogP contribution in [0, 0.1) is 5.41 Å². The van der Waals surface area contributed by atoms with Crippen molar-refractivity contribution in [3.8, 4) is 5.75 Å². The van der Waals surface area contributed by atoms with E-state index in [2.05, 4.69) is 15.9 Å². The number of halogens is 1. The third-order valence-electron chi connectivity index (χ3n) is 6.18. The molecular formula is C28H26BrNO6. The van der Waals surface area contributed by atoms with Crippen LogP contribution in [0.25, 0.3) is 6.08 Å². The molecule has 0 spiro atoms. The second kappa shape index (κ2) is 11.0. The number of hydroxylamine groups is 1. The topological polar surface area (TPSA) is 74.3 Å². The van der Waals surface area contributed by atoms with E-state index in [9.17, 15) is 9.59 Å². The first-order chi connectivity index (χ1) is 17.4. The third kappa shape index (κ3) is 4.62. The monoisotopic (exact) mass is 551 g/mol. The molecule has 4 rings (SSSR count). The minimum atomic E-state index is -1.86. The van der Waals surface area contributed by atoms with Gasteiger partial charge in [-0.1, -0.05) is 64.5 Å². The minimum Gasteiger partial charge on any atom is -0.497 e. The molecule has 1 aliphatic heterocycles. The predicted molar refractivity (Wildman–Crippen MR) is 139 cm³/mol. The van der Waals surface area contributed by atoms with E-state index in [1.165, 1.54) is 14.2 Å². The van der Waals surface area contributed by atoms with Crippen LogP contribution in [0.4, 0.5) is 5.69 Å². The van der Waals surface area contributed by atoms with Gasteiger partial charge >= 0.3 is 11.9 Å². The normalized spacial score (nSPS) is 17.9. The fourth-order valence-electron chi connectivity index (χ4n) is 4.46. The Balaban J connectivity index is 2.02. The van der Waals surface area contributed by atoms with Gasteiger partial charge in [0, 0.05) is 4.47 Å². The highest BCUT2D eigenvalue weighted by atomic mass is 79.9. The largest absolute Gasteiger partial charge is 0.497 e. The number of carbonyl (C=O) groups is 2. The highest BCUT2D eigenvalue weighted by molar-refractivity contribution is 9.10. The Morgan fingerprint density at radius 3 is 2.08 bits per heavy atom. The van der Waals surface area contributed by atoms with Gasteiger partial charge in [0.1, 0.15) is 11.8 Å². The molecule has 1 saturated heterocycles. The lowest BCUT2D eigenvalue weighted by Gasteiger charge is -2.47. The highest BCUT2D eigenvalue weighted by Crippen LogP contribution is 2.52. The van der Waals surface area contributed by atoms with Gasteiger partial charge in [-0.3, -0.25) is 14.4 Å². The van der Waals surface area contributed by atoms with Crippen molar-refractivity contribution in [3.05, 3.63) is 100 Å². The van der Waals surface area contributed by atoms with Crippen LogP contribution in [0.5, 0.6) is 5.75 Å². The molecule has 1 atom stereocenters. The number of carbonyl (C=O) groups excluding carboxylic acids is 2. The van der Waals surface area contributed by atoms with Crippen LogP contribution in [0.3, 0.4) is 0 Å². The zero-order valence-corrected chi connectivity index (χ0v) is 21.7. The quantitative estimate of drug-likeness (QED) is 0.301. The minimum absolute atomic E-state index is 0.0399. The van der Waals surface area contributed by atoms with Crippen molar-refractivity contribution in [2.75, 3.05) is 33.0 Å². The first-order valence-corrected chi connectivity index (χ1v) is 12.0. The summed E-state index contributed by atoms with van der Waals surface area (Å²) in [6, 6.07) is 23.0. The fourth-order valence-corrected chi connectivity index (χ4v) is 4.72. The van der Waals surface area contributed by atoms with Crippen molar-refractivity contribution in [1.82, 2.24) is 0 Å². The van der Waals surface area contributed by atoms with Crippen molar-refractivity contribution in [1.29, 1.82) is 0 Å². The summed E-state index contributed by atoms with van der Waals surface area (Å²) in [4.78, 5) is 33.8. The number of methoxy groups -OCH3 is 3. The number of nitrogens with zero attached hydrogens (tertiary/aromatic N) is 1. The predicted octanol–water partition coefficient (Wildman–Crippen LogP) is 5.37. The van der Waals surface area contributed by atoms with Gasteiger partial charge in [0.2, 0.25) is 5.41 Å². The number of rotatable bonds is 6. The van der Waals surface area contributed by atoms with Gasteiger partial charge in [-0.25, -0.2) is 5.06 Å². The van der Waals surface area contributed by atoms with Gasteiger partial charge in [0.05, 0.1) is 33.6 Å². The van der Waals surface area contributed by atoms with Gasteiger partial charge in [-0.2, -0.15) is 0 Å². The molecule has 0 amide bonds. The Morgan fingerprint density at radius 2 is 1.53 bits per heavy atom.